The van der Waals surface area contributed by atoms with E-state index in [2.05, 4.69) is 47.9 Å². The van der Waals surface area contributed by atoms with Gasteiger partial charge in [-0.3, -0.25) is 9.59 Å². The summed E-state index contributed by atoms with van der Waals surface area (Å²) < 4.78 is 11.0. The van der Waals surface area contributed by atoms with Gasteiger partial charge in [0.1, 0.15) is 21.3 Å². The standard InChI is InChI=1S/C52H46N4O4S2/c1-35(37-25-29-43(59-3)30-26-37)55(51-53-45(39-17-9-5-10-18-39)49(61-51)47(57)41-21-13-7-14-22-41)33-34-56(36(2)38-27-31-44(60-4)32-28-38)52-54-46(40-19-11-6-12-20-40)50(62-52)48(58)42-23-15-8-16-24-42/h5-32,35-36H,33-34H2,1-4H3. The molecular formula is C52H46N4O4S2. The highest BCUT2D eigenvalue weighted by atomic mass is 32.1. The first kappa shape index (κ1) is 41.8. The monoisotopic (exact) mass is 854 g/mol. The maximum absolute atomic E-state index is 14.3. The summed E-state index contributed by atoms with van der Waals surface area (Å²) in [6.07, 6.45) is 0. The van der Waals surface area contributed by atoms with E-state index >= 15 is 0 Å². The molecule has 0 aliphatic rings. The van der Waals surface area contributed by atoms with Crippen molar-refractivity contribution in [2.24, 2.45) is 0 Å². The number of methoxy groups -OCH3 is 2. The van der Waals surface area contributed by atoms with Gasteiger partial charge in [0, 0.05) is 35.3 Å². The van der Waals surface area contributed by atoms with Gasteiger partial charge in [-0.15, -0.1) is 0 Å². The minimum Gasteiger partial charge on any atom is -0.497 e. The van der Waals surface area contributed by atoms with Crippen molar-refractivity contribution in [2.45, 2.75) is 25.9 Å². The highest BCUT2D eigenvalue weighted by Gasteiger charge is 2.30. The molecular weight excluding hydrogens is 809 g/mol. The number of nitrogens with zero attached hydrogens (tertiary/aromatic N) is 4. The number of thiazole rings is 2. The van der Waals surface area contributed by atoms with Crippen LogP contribution in [0.25, 0.3) is 22.5 Å². The van der Waals surface area contributed by atoms with Gasteiger partial charge in [-0.1, -0.05) is 168 Å². The molecule has 8 rings (SSSR count). The average Bonchev–Trinajstić information content (AvgIpc) is 3.99. The summed E-state index contributed by atoms with van der Waals surface area (Å²) >= 11 is 2.82. The Labute approximate surface area is 370 Å². The van der Waals surface area contributed by atoms with Gasteiger partial charge < -0.3 is 19.3 Å². The summed E-state index contributed by atoms with van der Waals surface area (Å²) in [5, 5.41) is 1.43. The number of hydrogen-bond donors (Lipinski definition) is 0. The van der Waals surface area contributed by atoms with Crippen LogP contribution in [0.1, 0.15) is 67.5 Å². The molecule has 0 bridgehead atoms. The number of carbonyl (C=O) groups excluding carboxylic acids is 2. The molecule has 0 amide bonds. The lowest BCUT2D eigenvalue weighted by molar-refractivity contribution is 0.103. The number of carbonyl (C=O) groups is 2. The topological polar surface area (TPSA) is 84.9 Å². The van der Waals surface area contributed by atoms with Crippen molar-refractivity contribution >= 4 is 44.5 Å². The van der Waals surface area contributed by atoms with E-state index in [4.69, 9.17) is 19.4 Å². The minimum absolute atomic E-state index is 0.0770. The van der Waals surface area contributed by atoms with Crippen molar-refractivity contribution < 1.29 is 19.1 Å². The third-order valence-corrected chi connectivity index (χ3v) is 13.2. The number of anilines is 2. The average molecular weight is 855 g/mol. The fourth-order valence-corrected chi connectivity index (χ4v) is 9.76. The van der Waals surface area contributed by atoms with Crippen molar-refractivity contribution in [3.63, 3.8) is 0 Å². The normalized spacial score (nSPS) is 12.0. The molecule has 10 heteroatoms. The molecule has 0 N–H and O–H groups in total. The first-order chi connectivity index (χ1) is 30.3. The largest absolute Gasteiger partial charge is 0.497 e. The highest BCUT2D eigenvalue weighted by Crippen LogP contribution is 2.41. The summed E-state index contributed by atoms with van der Waals surface area (Å²) in [6, 6.07) is 54.4. The van der Waals surface area contributed by atoms with Crippen LogP contribution in [0, 0.1) is 0 Å². The molecule has 2 atom stereocenters. The number of hydrogen-bond acceptors (Lipinski definition) is 10. The third kappa shape index (κ3) is 9.07. The van der Waals surface area contributed by atoms with Crippen LogP contribution >= 0.6 is 22.7 Å². The van der Waals surface area contributed by atoms with Crippen LogP contribution in [-0.2, 0) is 0 Å². The van der Waals surface area contributed by atoms with Crippen LogP contribution in [0.2, 0.25) is 0 Å². The molecule has 0 radical (unpaired) electrons. The van der Waals surface area contributed by atoms with E-state index in [1.807, 2.05) is 146 Å². The molecule has 0 fully saturated rings. The quantitative estimate of drug-likeness (QED) is 0.0837. The van der Waals surface area contributed by atoms with Gasteiger partial charge in [-0.05, 0) is 49.2 Å². The predicted molar refractivity (Wildman–Crippen MR) is 252 cm³/mol. The zero-order valence-corrected chi connectivity index (χ0v) is 36.6. The molecule has 62 heavy (non-hydrogen) atoms. The Morgan fingerprint density at radius 2 is 0.806 bits per heavy atom. The fourth-order valence-electron chi connectivity index (χ4n) is 7.45. The van der Waals surface area contributed by atoms with Crippen LogP contribution in [-0.4, -0.2) is 48.8 Å². The number of ether oxygens (including phenoxy) is 2. The van der Waals surface area contributed by atoms with E-state index in [0.29, 0.717) is 55.6 Å². The van der Waals surface area contributed by atoms with E-state index in [1.165, 1.54) is 22.7 Å². The Hall–Kier alpha value is -6.88. The molecule has 0 aliphatic heterocycles. The van der Waals surface area contributed by atoms with Crippen molar-refractivity contribution in [3.05, 3.63) is 202 Å². The summed E-state index contributed by atoms with van der Waals surface area (Å²) in [5.41, 5.74) is 6.35. The van der Waals surface area contributed by atoms with Gasteiger partial charge >= 0.3 is 0 Å². The maximum Gasteiger partial charge on any atom is 0.205 e. The van der Waals surface area contributed by atoms with E-state index in [-0.39, 0.29) is 23.7 Å². The molecule has 8 aromatic rings. The van der Waals surface area contributed by atoms with Crippen LogP contribution in [0.3, 0.4) is 0 Å². The Morgan fingerprint density at radius 1 is 0.484 bits per heavy atom. The fraction of sp³-hybridized carbons (Fsp3) is 0.154. The Bertz CT molecular complexity index is 2530. The lowest BCUT2D eigenvalue weighted by atomic mass is 10.0. The van der Waals surface area contributed by atoms with Gasteiger partial charge in [-0.2, -0.15) is 0 Å². The summed E-state index contributed by atoms with van der Waals surface area (Å²) in [4.78, 5) is 45.0. The van der Waals surface area contributed by atoms with Crippen molar-refractivity contribution in [2.75, 3.05) is 37.1 Å². The van der Waals surface area contributed by atoms with Gasteiger partial charge in [0.05, 0.1) is 37.7 Å². The second-order valence-corrected chi connectivity index (χ2v) is 16.7. The van der Waals surface area contributed by atoms with Crippen molar-refractivity contribution in [1.82, 2.24) is 9.97 Å². The van der Waals surface area contributed by atoms with Crippen LogP contribution < -0.4 is 19.3 Å². The smallest absolute Gasteiger partial charge is 0.205 e. The second kappa shape index (κ2) is 19.2. The molecule has 0 saturated heterocycles. The first-order valence-corrected chi connectivity index (χ1v) is 22.1. The van der Waals surface area contributed by atoms with Crippen LogP contribution in [0.15, 0.2) is 170 Å². The van der Waals surface area contributed by atoms with Gasteiger partial charge in [0.2, 0.25) is 11.6 Å². The molecule has 6 aromatic carbocycles. The lowest BCUT2D eigenvalue weighted by Gasteiger charge is -2.35. The third-order valence-electron chi connectivity index (χ3n) is 11.0. The molecule has 0 spiro atoms. The van der Waals surface area contributed by atoms with Gasteiger partial charge in [0.25, 0.3) is 0 Å². The Kier molecular flexibility index (Phi) is 13.0. The van der Waals surface area contributed by atoms with E-state index in [1.54, 1.807) is 14.2 Å². The molecule has 2 aromatic heterocycles. The lowest BCUT2D eigenvalue weighted by Crippen LogP contribution is -2.38. The zero-order valence-electron chi connectivity index (χ0n) is 35.0. The number of rotatable bonds is 17. The molecule has 2 heterocycles. The highest BCUT2D eigenvalue weighted by molar-refractivity contribution is 7.18. The summed E-state index contributed by atoms with van der Waals surface area (Å²) in [7, 11) is 3.33. The maximum atomic E-state index is 14.3. The molecule has 310 valence electrons. The van der Waals surface area contributed by atoms with Gasteiger partial charge in [0.15, 0.2) is 10.3 Å². The number of aromatic nitrogens is 2. The van der Waals surface area contributed by atoms with E-state index < -0.39 is 0 Å². The Morgan fingerprint density at radius 3 is 1.13 bits per heavy atom. The number of ketones is 2. The minimum atomic E-state index is -0.167. The molecule has 8 nitrogen and oxygen atoms in total. The zero-order chi connectivity index (χ0) is 43.0. The molecule has 0 saturated carbocycles. The SMILES string of the molecule is COc1ccc(C(C)N(CCN(c2nc(-c3ccccc3)c(C(=O)c3ccccc3)s2)C(C)c2ccc(OC)cc2)c2nc(-c3ccccc3)c(C(=O)c3ccccc3)s2)cc1. The first-order valence-electron chi connectivity index (χ1n) is 20.5. The summed E-state index contributed by atoms with van der Waals surface area (Å²) in [5.74, 6) is 1.38. The van der Waals surface area contributed by atoms with E-state index in [9.17, 15) is 9.59 Å². The van der Waals surface area contributed by atoms with E-state index in [0.717, 1.165) is 33.8 Å². The summed E-state index contributed by atoms with van der Waals surface area (Å²) in [6.45, 7) is 5.32. The van der Waals surface area contributed by atoms with Crippen LogP contribution in [0.5, 0.6) is 11.5 Å². The van der Waals surface area contributed by atoms with Crippen molar-refractivity contribution in [1.29, 1.82) is 0 Å². The van der Waals surface area contributed by atoms with Crippen LogP contribution in [0.4, 0.5) is 10.3 Å². The predicted octanol–water partition coefficient (Wildman–Crippen LogP) is 12.2. The molecule has 2 unspecified atom stereocenters. The van der Waals surface area contributed by atoms with Crippen molar-refractivity contribution in [3.8, 4) is 34.0 Å². The van der Waals surface area contributed by atoms with Gasteiger partial charge in [-0.25, -0.2) is 9.97 Å². The Balaban J connectivity index is 1.25. The molecule has 0 aliphatic carbocycles. The number of benzene rings is 6. The second-order valence-electron chi connectivity index (χ2n) is 14.8.